The second-order valence-corrected chi connectivity index (χ2v) is 10.2. The highest BCUT2D eigenvalue weighted by Crippen LogP contribution is 2.28. The van der Waals surface area contributed by atoms with Crippen molar-refractivity contribution in [3.05, 3.63) is 21.9 Å². The molecule has 0 aromatic carbocycles. The van der Waals surface area contributed by atoms with Crippen LogP contribution in [0.5, 0.6) is 0 Å². The highest BCUT2D eigenvalue weighted by Gasteiger charge is 2.26. The molecular formula is C21H31N5O2S2. The lowest BCUT2D eigenvalue weighted by Crippen LogP contribution is -2.35. The van der Waals surface area contributed by atoms with Gasteiger partial charge in [-0.2, -0.15) is 0 Å². The summed E-state index contributed by atoms with van der Waals surface area (Å²) in [5, 5.41) is 14.9. The topological polar surface area (TPSA) is 72.3 Å². The van der Waals surface area contributed by atoms with Crippen molar-refractivity contribution in [2.45, 2.75) is 63.9 Å². The zero-order chi connectivity index (χ0) is 20.9. The molecule has 2 aromatic rings. The Morgan fingerprint density at radius 3 is 2.87 bits per heavy atom. The van der Waals surface area contributed by atoms with E-state index in [1.165, 1.54) is 35.0 Å². The molecule has 2 aliphatic rings. The van der Waals surface area contributed by atoms with Gasteiger partial charge in [0.2, 0.25) is 11.9 Å². The Kier molecular flexibility index (Phi) is 7.32. The van der Waals surface area contributed by atoms with Crippen LogP contribution in [0.25, 0.3) is 0 Å². The van der Waals surface area contributed by atoms with E-state index in [9.17, 15) is 4.79 Å². The molecule has 7 nitrogen and oxygen atoms in total. The normalized spacial score (nSPS) is 20.1. The molecule has 2 aromatic heterocycles. The van der Waals surface area contributed by atoms with Gasteiger partial charge in [-0.15, -0.1) is 21.5 Å². The van der Waals surface area contributed by atoms with Crippen LogP contribution in [0.3, 0.4) is 0 Å². The molecule has 1 unspecified atom stereocenters. The Morgan fingerprint density at radius 1 is 1.33 bits per heavy atom. The van der Waals surface area contributed by atoms with Gasteiger partial charge in [-0.05, 0) is 55.5 Å². The number of ether oxygens (including phenoxy) is 1. The van der Waals surface area contributed by atoms with Crippen molar-refractivity contribution in [3.8, 4) is 0 Å². The average Bonchev–Trinajstić information content (AvgIpc) is 3.48. The van der Waals surface area contributed by atoms with E-state index in [-0.39, 0.29) is 12.0 Å². The van der Waals surface area contributed by atoms with Gasteiger partial charge in [-0.3, -0.25) is 9.36 Å². The first-order valence-corrected chi connectivity index (χ1v) is 12.7. The van der Waals surface area contributed by atoms with Gasteiger partial charge >= 0.3 is 0 Å². The zero-order valence-electron chi connectivity index (χ0n) is 17.8. The lowest BCUT2D eigenvalue weighted by Gasteiger charge is -2.31. The molecule has 30 heavy (non-hydrogen) atoms. The van der Waals surface area contributed by atoms with E-state index in [4.69, 9.17) is 4.74 Å². The zero-order valence-corrected chi connectivity index (χ0v) is 19.4. The fourth-order valence-electron chi connectivity index (χ4n) is 3.93. The van der Waals surface area contributed by atoms with E-state index >= 15 is 0 Å². The van der Waals surface area contributed by atoms with Crippen molar-refractivity contribution in [2.75, 3.05) is 30.3 Å². The molecule has 2 aliphatic heterocycles. The van der Waals surface area contributed by atoms with Crippen molar-refractivity contribution in [1.82, 2.24) is 20.1 Å². The van der Waals surface area contributed by atoms with E-state index in [1.54, 1.807) is 11.3 Å². The molecule has 4 rings (SSSR count). The SMILES string of the molecule is Cc1ccsc1CNC(=O)CSc1nnc(N2CCC(C)CC2)n1CC1CCCO1. The number of carbonyl (C=O) groups is 1. The molecular weight excluding hydrogens is 418 g/mol. The van der Waals surface area contributed by atoms with E-state index in [0.29, 0.717) is 12.3 Å². The second-order valence-electron chi connectivity index (χ2n) is 8.29. The number of anilines is 1. The number of nitrogens with one attached hydrogen (secondary N) is 1. The lowest BCUT2D eigenvalue weighted by atomic mass is 10.00. The molecule has 9 heteroatoms. The van der Waals surface area contributed by atoms with Crippen LogP contribution in [0.2, 0.25) is 0 Å². The van der Waals surface area contributed by atoms with Crippen LogP contribution >= 0.6 is 23.1 Å². The molecule has 1 amide bonds. The molecule has 0 radical (unpaired) electrons. The Labute approximate surface area is 186 Å². The fourth-order valence-corrected chi connectivity index (χ4v) is 5.55. The molecule has 1 N–H and O–H groups in total. The number of thioether (sulfide) groups is 1. The quantitative estimate of drug-likeness (QED) is 0.622. The number of hydrogen-bond donors (Lipinski definition) is 1. The predicted octanol–water partition coefficient (Wildman–Crippen LogP) is 3.47. The Balaban J connectivity index is 1.39. The van der Waals surface area contributed by atoms with Crippen LogP contribution in [0, 0.1) is 12.8 Å². The van der Waals surface area contributed by atoms with E-state index in [1.807, 2.05) is 0 Å². The summed E-state index contributed by atoms with van der Waals surface area (Å²) in [6.07, 6.45) is 4.74. The summed E-state index contributed by atoms with van der Waals surface area (Å²) in [7, 11) is 0. The lowest BCUT2D eigenvalue weighted by molar-refractivity contribution is -0.118. The van der Waals surface area contributed by atoms with Crippen molar-refractivity contribution >= 4 is 35.0 Å². The maximum Gasteiger partial charge on any atom is 0.230 e. The Morgan fingerprint density at radius 2 is 2.17 bits per heavy atom. The first-order valence-electron chi connectivity index (χ1n) is 10.8. The van der Waals surface area contributed by atoms with E-state index in [0.717, 1.165) is 56.1 Å². The van der Waals surface area contributed by atoms with Gasteiger partial charge in [0.15, 0.2) is 5.16 Å². The molecule has 0 aliphatic carbocycles. The van der Waals surface area contributed by atoms with Crippen molar-refractivity contribution in [2.24, 2.45) is 5.92 Å². The number of hydrogen-bond acceptors (Lipinski definition) is 7. The summed E-state index contributed by atoms with van der Waals surface area (Å²) in [4.78, 5) is 15.9. The van der Waals surface area contributed by atoms with Gasteiger partial charge in [-0.1, -0.05) is 18.7 Å². The van der Waals surface area contributed by atoms with Gasteiger partial charge < -0.3 is 15.0 Å². The largest absolute Gasteiger partial charge is 0.376 e. The molecule has 164 valence electrons. The summed E-state index contributed by atoms with van der Waals surface area (Å²) in [6, 6.07) is 2.08. The molecule has 4 heterocycles. The van der Waals surface area contributed by atoms with Gasteiger partial charge in [0, 0.05) is 24.6 Å². The summed E-state index contributed by atoms with van der Waals surface area (Å²) < 4.78 is 8.05. The number of carbonyl (C=O) groups excluding carboxylic acids is 1. The summed E-state index contributed by atoms with van der Waals surface area (Å²) in [5.41, 5.74) is 1.23. The highest BCUT2D eigenvalue weighted by atomic mass is 32.2. The third kappa shape index (κ3) is 5.36. The number of rotatable bonds is 8. The highest BCUT2D eigenvalue weighted by molar-refractivity contribution is 7.99. The van der Waals surface area contributed by atoms with Crippen LogP contribution < -0.4 is 10.2 Å². The van der Waals surface area contributed by atoms with Crippen LogP contribution in [0.15, 0.2) is 16.6 Å². The standard InChI is InChI=1S/C21H31N5O2S2/c1-15-5-8-25(9-6-15)20-23-24-21(26(20)13-17-4-3-10-28-17)30-14-19(27)22-12-18-16(2)7-11-29-18/h7,11,15,17H,3-6,8-10,12-14H2,1-2H3,(H,22,27). The molecule has 2 fully saturated rings. The summed E-state index contributed by atoms with van der Waals surface area (Å²) in [6.45, 7) is 8.58. The van der Waals surface area contributed by atoms with Crippen molar-refractivity contribution in [3.63, 3.8) is 0 Å². The minimum atomic E-state index is 0.0211. The van der Waals surface area contributed by atoms with Crippen LogP contribution in [0.4, 0.5) is 5.95 Å². The number of piperidine rings is 1. The first-order chi connectivity index (χ1) is 14.6. The molecule has 0 spiro atoms. The minimum Gasteiger partial charge on any atom is -0.376 e. The van der Waals surface area contributed by atoms with Crippen molar-refractivity contribution in [1.29, 1.82) is 0 Å². The average molecular weight is 450 g/mol. The van der Waals surface area contributed by atoms with Crippen LogP contribution in [0.1, 0.15) is 43.0 Å². The number of aromatic nitrogens is 3. The molecule has 0 saturated carbocycles. The fraction of sp³-hybridized carbons (Fsp3) is 0.667. The summed E-state index contributed by atoms with van der Waals surface area (Å²) in [5.74, 6) is 2.05. The molecule has 2 saturated heterocycles. The number of thiophene rings is 1. The van der Waals surface area contributed by atoms with E-state index in [2.05, 4.69) is 50.3 Å². The number of amides is 1. The third-order valence-electron chi connectivity index (χ3n) is 5.92. The maximum absolute atomic E-state index is 12.4. The van der Waals surface area contributed by atoms with Gasteiger partial charge in [0.1, 0.15) is 0 Å². The van der Waals surface area contributed by atoms with E-state index < -0.39 is 0 Å². The smallest absolute Gasteiger partial charge is 0.230 e. The number of nitrogens with zero attached hydrogens (tertiary/aromatic N) is 4. The third-order valence-corrected chi connectivity index (χ3v) is 7.91. The monoisotopic (exact) mass is 449 g/mol. The van der Waals surface area contributed by atoms with Gasteiger partial charge in [0.25, 0.3) is 0 Å². The van der Waals surface area contributed by atoms with Crippen LogP contribution in [-0.2, 0) is 22.6 Å². The van der Waals surface area contributed by atoms with Crippen LogP contribution in [-0.4, -0.2) is 52.2 Å². The van der Waals surface area contributed by atoms with Gasteiger partial charge in [0.05, 0.1) is 24.9 Å². The van der Waals surface area contributed by atoms with Crippen molar-refractivity contribution < 1.29 is 9.53 Å². The number of aryl methyl sites for hydroxylation is 1. The minimum absolute atomic E-state index is 0.0211. The predicted molar refractivity (Wildman–Crippen MR) is 121 cm³/mol. The molecule has 1 atom stereocenters. The summed E-state index contributed by atoms with van der Waals surface area (Å²) >= 11 is 3.14. The Hall–Kier alpha value is -1.58. The maximum atomic E-state index is 12.4. The van der Waals surface area contributed by atoms with Gasteiger partial charge in [-0.25, -0.2) is 0 Å². The Bertz CT molecular complexity index is 838. The second kappa shape index (κ2) is 10.2. The first kappa shape index (κ1) is 21.6. The molecule has 0 bridgehead atoms.